The Morgan fingerprint density at radius 1 is 1.38 bits per heavy atom. The van der Waals surface area contributed by atoms with Gasteiger partial charge in [0.05, 0.1) is 5.75 Å². The van der Waals surface area contributed by atoms with E-state index in [2.05, 4.69) is 5.32 Å². The minimum Gasteiger partial charge on any atom is -0.381 e. The topological polar surface area (TPSA) is 55.4 Å². The van der Waals surface area contributed by atoms with Crippen LogP contribution in [0.1, 0.15) is 12.8 Å². The third-order valence-corrected chi connectivity index (χ3v) is 3.07. The van der Waals surface area contributed by atoms with E-state index >= 15 is 0 Å². The quantitative estimate of drug-likeness (QED) is 0.693. The predicted octanol–water partition coefficient (Wildman–Crippen LogP) is -0.200. The average Bonchev–Trinajstić information content (AvgIpc) is 2.04. The maximum atomic E-state index is 10.8. The van der Waals surface area contributed by atoms with Gasteiger partial charge in [-0.1, -0.05) is 0 Å². The van der Waals surface area contributed by atoms with Gasteiger partial charge in [0.25, 0.3) is 0 Å². The Morgan fingerprint density at radius 3 is 2.54 bits per heavy atom. The van der Waals surface area contributed by atoms with Crippen LogP contribution in [-0.4, -0.2) is 46.2 Å². The second-order valence-corrected chi connectivity index (χ2v) is 5.73. The second kappa shape index (κ2) is 4.93. The molecule has 0 saturated carbocycles. The molecule has 1 rings (SSSR count). The molecule has 0 amide bonds. The summed E-state index contributed by atoms with van der Waals surface area (Å²) in [7, 11) is -2.82. The summed E-state index contributed by atoms with van der Waals surface area (Å²) in [6.45, 7) is 2.14. The molecule has 0 atom stereocenters. The highest BCUT2D eigenvalue weighted by Crippen LogP contribution is 2.05. The zero-order valence-electron chi connectivity index (χ0n) is 7.95. The Labute approximate surface area is 79.6 Å². The molecule has 78 valence electrons. The lowest BCUT2D eigenvalue weighted by Gasteiger charge is -2.22. The first-order valence-corrected chi connectivity index (χ1v) is 6.63. The van der Waals surface area contributed by atoms with E-state index in [1.165, 1.54) is 6.26 Å². The van der Waals surface area contributed by atoms with Gasteiger partial charge in [0.2, 0.25) is 0 Å². The monoisotopic (exact) mass is 207 g/mol. The molecular formula is C8H17NO3S. The molecule has 0 unspecified atom stereocenters. The first-order valence-electron chi connectivity index (χ1n) is 4.57. The minimum atomic E-state index is -2.82. The number of ether oxygens (including phenoxy) is 1. The van der Waals surface area contributed by atoms with Crippen LogP contribution in [0.4, 0.5) is 0 Å². The Balaban J connectivity index is 2.11. The highest BCUT2D eigenvalue weighted by molar-refractivity contribution is 7.90. The number of hydrogen-bond donors (Lipinski definition) is 1. The van der Waals surface area contributed by atoms with Crippen LogP contribution in [0.5, 0.6) is 0 Å². The van der Waals surface area contributed by atoms with E-state index < -0.39 is 9.84 Å². The van der Waals surface area contributed by atoms with Crippen molar-refractivity contribution in [2.24, 2.45) is 0 Å². The van der Waals surface area contributed by atoms with Crippen LogP contribution in [0.2, 0.25) is 0 Å². The Morgan fingerprint density at radius 2 is 2.00 bits per heavy atom. The Hall–Kier alpha value is -0.130. The highest BCUT2D eigenvalue weighted by Gasteiger charge is 2.13. The van der Waals surface area contributed by atoms with Gasteiger partial charge in [-0.25, -0.2) is 8.42 Å². The fourth-order valence-corrected chi connectivity index (χ4v) is 1.84. The molecule has 4 nitrogen and oxygen atoms in total. The predicted molar refractivity (Wildman–Crippen MR) is 51.6 cm³/mol. The molecule has 1 N–H and O–H groups in total. The van der Waals surface area contributed by atoms with Crippen molar-refractivity contribution in [3.63, 3.8) is 0 Å². The minimum absolute atomic E-state index is 0.227. The average molecular weight is 207 g/mol. The lowest BCUT2D eigenvalue weighted by molar-refractivity contribution is 0.0785. The summed E-state index contributed by atoms with van der Waals surface area (Å²) in [4.78, 5) is 0. The molecule has 1 saturated heterocycles. The molecule has 0 aromatic rings. The fraction of sp³-hybridized carbons (Fsp3) is 1.00. The van der Waals surface area contributed by atoms with Crippen molar-refractivity contribution in [2.45, 2.75) is 18.9 Å². The number of nitrogens with one attached hydrogen (secondary N) is 1. The fourth-order valence-electron chi connectivity index (χ4n) is 1.35. The van der Waals surface area contributed by atoms with Gasteiger partial charge >= 0.3 is 0 Å². The molecule has 1 heterocycles. The maximum Gasteiger partial charge on any atom is 0.148 e. The lowest BCUT2D eigenvalue weighted by Crippen LogP contribution is -2.37. The number of rotatable bonds is 4. The smallest absolute Gasteiger partial charge is 0.148 e. The van der Waals surface area contributed by atoms with Crippen LogP contribution >= 0.6 is 0 Å². The van der Waals surface area contributed by atoms with Crippen molar-refractivity contribution < 1.29 is 13.2 Å². The first-order chi connectivity index (χ1) is 6.08. The van der Waals surface area contributed by atoms with Crippen LogP contribution in [0.15, 0.2) is 0 Å². The summed E-state index contributed by atoms with van der Waals surface area (Å²) < 4.78 is 26.8. The highest BCUT2D eigenvalue weighted by atomic mass is 32.2. The van der Waals surface area contributed by atoms with Crippen molar-refractivity contribution in [1.29, 1.82) is 0 Å². The zero-order chi connectivity index (χ0) is 9.73. The summed E-state index contributed by atoms with van der Waals surface area (Å²) in [6.07, 6.45) is 3.24. The normalized spacial score (nSPS) is 20.4. The van der Waals surface area contributed by atoms with Gasteiger partial charge in [0.15, 0.2) is 0 Å². The molecule has 0 spiro atoms. The van der Waals surface area contributed by atoms with Gasteiger partial charge in [-0.15, -0.1) is 0 Å². The van der Waals surface area contributed by atoms with Gasteiger partial charge in [-0.2, -0.15) is 0 Å². The van der Waals surface area contributed by atoms with Crippen molar-refractivity contribution in [1.82, 2.24) is 5.32 Å². The molecule has 1 aliphatic heterocycles. The first kappa shape index (κ1) is 10.9. The molecule has 1 fully saturated rings. The van der Waals surface area contributed by atoms with E-state index in [9.17, 15) is 8.42 Å². The molecule has 5 heteroatoms. The summed E-state index contributed by atoms with van der Waals surface area (Å²) in [5.41, 5.74) is 0. The molecule has 0 radical (unpaired) electrons. The van der Waals surface area contributed by atoms with Crippen molar-refractivity contribution >= 4 is 9.84 Å². The van der Waals surface area contributed by atoms with Gasteiger partial charge in [0, 0.05) is 32.1 Å². The summed E-state index contributed by atoms with van der Waals surface area (Å²) in [6, 6.07) is 0.440. The van der Waals surface area contributed by atoms with Crippen LogP contribution in [0.25, 0.3) is 0 Å². The lowest BCUT2D eigenvalue weighted by atomic mass is 10.1. The SMILES string of the molecule is CS(=O)(=O)CCNC1CCOCC1. The molecule has 1 aliphatic rings. The van der Waals surface area contributed by atoms with Crippen molar-refractivity contribution in [3.05, 3.63) is 0 Å². The standard InChI is InChI=1S/C8H17NO3S/c1-13(10,11)7-4-9-8-2-5-12-6-3-8/h8-9H,2-7H2,1H3. The molecule has 0 bridgehead atoms. The molecule has 0 aliphatic carbocycles. The van der Waals surface area contributed by atoms with Crippen LogP contribution in [0, 0.1) is 0 Å². The number of hydrogen-bond acceptors (Lipinski definition) is 4. The van der Waals surface area contributed by atoms with Gasteiger partial charge in [0.1, 0.15) is 9.84 Å². The van der Waals surface area contributed by atoms with Gasteiger partial charge < -0.3 is 10.1 Å². The third kappa shape index (κ3) is 5.23. The third-order valence-electron chi connectivity index (χ3n) is 2.13. The Bertz CT molecular complexity index is 232. The second-order valence-electron chi connectivity index (χ2n) is 3.47. The summed E-state index contributed by atoms with van der Waals surface area (Å²) in [5, 5.41) is 3.22. The maximum absolute atomic E-state index is 10.8. The zero-order valence-corrected chi connectivity index (χ0v) is 8.77. The molecule has 13 heavy (non-hydrogen) atoms. The van der Waals surface area contributed by atoms with Crippen LogP contribution in [-0.2, 0) is 14.6 Å². The van der Waals surface area contributed by atoms with Crippen molar-refractivity contribution in [3.8, 4) is 0 Å². The van der Waals surface area contributed by atoms with E-state index in [1.54, 1.807) is 0 Å². The number of sulfone groups is 1. The van der Waals surface area contributed by atoms with E-state index in [4.69, 9.17) is 4.74 Å². The molecule has 0 aromatic carbocycles. The van der Waals surface area contributed by atoms with Crippen LogP contribution in [0.3, 0.4) is 0 Å². The summed E-state index contributed by atoms with van der Waals surface area (Å²) in [5.74, 6) is 0.227. The van der Waals surface area contributed by atoms with E-state index in [0.29, 0.717) is 12.6 Å². The van der Waals surface area contributed by atoms with Gasteiger partial charge in [-0.3, -0.25) is 0 Å². The van der Waals surface area contributed by atoms with E-state index in [-0.39, 0.29) is 5.75 Å². The van der Waals surface area contributed by atoms with Crippen molar-refractivity contribution in [2.75, 3.05) is 31.8 Å². The van der Waals surface area contributed by atoms with E-state index in [1.807, 2.05) is 0 Å². The molecular weight excluding hydrogens is 190 g/mol. The largest absolute Gasteiger partial charge is 0.381 e. The summed E-state index contributed by atoms with van der Waals surface area (Å²) >= 11 is 0. The van der Waals surface area contributed by atoms with E-state index in [0.717, 1.165) is 26.1 Å². The Kier molecular flexibility index (Phi) is 4.15. The molecule has 0 aromatic heterocycles. The van der Waals surface area contributed by atoms with Gasteiger partial charge in [-0.05, 0) is 12.8 Å². The van der Waals surface area contributed by atoms with Crippen LogP contribution < -0.4 is 5.32 Å².